The molecule has 0 aliphatic carbocycles. The Morgan fingerprint density at radius 3 is 3.05 bits per heavy atom. The third-order valence-electron chi connectivity index (χ3n) is 2.67. The number of aromatic carboxylic acids is 1. The zero-order valence-corrected chi connectivity index (χ0v) is 11.1. The highest BCUT2D eigenvalue weighted by Crippen LogP contribution is 2.09. The Kier molecular flexibility index (Phi) is 4.69. The van der Waals surface area contributed by atoms with Gasteiger partial charge in [-0.25, -0.2) is 14.6 Å². The molecule has 1 aliphatic heterocycles. The van der Waals surface area contributed by atoms with Crippen LogP contribution in [0.1, 0.15) is 21.9 Å². The smallest absolute Gasteiger partial charge is 0.355 e. The number of carbonyl (C=O) groups is 2. The van der Waals surface area contributed by atoms with Gasteiger partial charge in [0.1, 0.15) is 5.01 Å². The molecule has 2 N–H and O–H groups in total. The van der Waals surface area contributed by atoms with Crippen molar-refractivity contribution in [1.29, 1.82) is 0 Å². The molecule has 1 saturated heterocycles. The summed E-state index contributed by atoms with van der Waals surface area (Å²) in [6.07, 6.45) is 0.827. The van der Waals surface area contributed by atoms with Crippen LogP contribution in [-0.4, -0.2) is 53.3 Å². The van der Waals surface area contributed by atoms with Crippen LogP contribution in [0.25, 0.3) is 0 Å². The van der Waals surface area contributed by atoms with E-state index in [1.807, 2.05) is 0 Å². The molecule has 1 aliphatic rings. The lowest BCUT2D eigenvalue weighted by atomic mass is 10.4. The number of urea groups is 1. The zero-order chi connectivity index (χ0) is 13.7. The predicted molar refractivity (Wildman–Crippen MR) is 68.3 cm³/mol. The molecule has 0 radical (unpaired) electrons. The first-order valence-electron chi connectivity index (χ1n) is 5.95. The second-order valence-electron chi connectivity index (χ2n) is 4.04. The van der Waals surface area contributed by atoms with Gasteiger partial charge in [0, 0.05) is 25.1 Å². The normalized spacial score (nSPS) is 15.9. The van der Waals surface area contributed by atoms with Crippen molar-refractivity contribution in [2.75, 3.05) is 26.3 Å². The minimum atomic E-state index is -1.06. The van der Waals surface area contributed by atoms with Crippen LogP contribution in [0.3, 0.4) is 0 Å². The zero-order valence-electron chi connectivity index (χ0n) is 10.3. The molecule has 0 saturated carbocycles. The average Bonchev–Trinajstić information content (AvgIpc) is 2.70. The largest absolute Gasteiger partial charge is 0.476 e. The molecule has 2 heterocycles. The number of aromatic nitrogens is 1. The molecule has 1 fully saturated rings. The van der Waals surface area contributed by atoms with E-state index in [0.717, 1.165) is 6.42 Å². The second-order valence-corrected chi connectivity index (χ2v) is 4.99. The maximum absolute atomic E-state index is 11.9. The fourth-order valence-electron chi connectivity index (χ4n) is 1.70. The van der Waals surface area contributed by atoms with Crippen LogP contribution in [-0.2, 0) is 11.3 Å². The molecule has 19 heavy (non-hydrogen) atoms. The van der Waals surface area contributed by atoms with Gasteiger partial charge < -0.3 is 20.1 Å². The number of thiazole rings is 1. The number of rotatable bonds is 3. The van der Waals surface area contributed by atoms with Gasteiger partial charge in [-0.2, -0.15) is 0 Å². The van der Waals surface area contributed by atoms with E-state index < -0.39 is 5.97 Å². The lowest BCUT2D eigenvalue weighted by molar-refractivity contribution is 0.0691. The molecule has 1 aromatic heterocycles. The van der Waals surface area contributed by atoms with Crippen LogP contribution in [0.4, 0.5) is 4.79 Å². The molecule has 0 aromatic carbocycles. The second kappa shape index (κ2) is 6.48. The minimum absolute atomic E-state index is 0.0115. The Balaban J connectivity index is 1.83. The van der Waals surface area contributed by atoms with Crippen molar-refractivity contribution >= 4 is 23.3 Å². The highest BCUT2D eigenvalue weighted by Gasteiger charge is 2.16. The monoisotopic (exact) mass is 285 g/mol. The molecule has 2 amide bonds. The van der Waals surface area contributed by atoms with Gasteiger partial charge in [-0.05, 0) is 6.42 Å². The number of hydrogen-bond acceptors (Lipinski definition) is 5. The van der Waals surface area contributed by atoms with Crippen molar-refractivity contribution in [2.45, 2.75) is 13.0 Å². The van der Waals surface area contributed by atoms with Gasteiger partial charge in [-0.3, -0.25) is 0 Å². The minimum Gasteiger partial charge on any atom is -0.476 e. The van der Waals surface area contributed by atoms with E-state index in [1.54, 1.807) is 4.90 Å². The lowest BCUT2D eigenvalue weighted by Crippen LogP contribution is -2.40. The molecular formula is C11H15N3O4S. The number of nitrogens with zero attached hydrogens (tertiary/aromatic N) is 2. The molecule has 2 rings (SSSR count). The predicted octanol–water partition coefficient (Wildman–Crippen LogP) is 0.773. The number of ether oxygens (including phenoxy) is 1. The standard InChI is InChI=1S/C11H15N3O4S/c15-10(16)8-7-19-9(13-8)6-12-11(17)14-2-1-4-18-5-3-14/h7H,1-6H2,(H,12,17)(H,15,16). The molecule has 1 aromatic rings. The summed E-state index contributed by atoms with van der Waals surface area (Å²) >= 11 is 1.22. The highest BCUT2D eigenvalue weighted by atomic mass is 32.1. The number of carbonyl (C=O) groups excluding carboxylic acids is 1. The van der Waals surface area contributed by atoms with Crippen LogP contribution in [0.5, 0.6) is 0 Å². The molecule has 0 spiro atoms. The van der Waals surface area contributed by atoms with Gasteiger partial charge in [-0.15, -0.1) is 11.3 Å². The van der Waals surface area contributed by atoms with E-state index in [2.05, 4.69) is 10.3 Å². The summed E-state index contributed by atoms with van der Waals surface area (Å²) in [7, 11) is 0. The van der Waals surface area contributed by atoms with Crippen LogP contribution < -0.4 is 5.32 Å². The molecule has 104 valence electrons. The number of nitrogens with one attached hydrogen (secondary N) is 1. The van der Waals surface area contributed by atoms with Gasteiger partial charge in [0.05, 0.1) is 13.2 Å². The third kappa shape index (κ3) is 3.90. The Morgan fingerprint density at radius 1 is 1.47 bits per heavy atom. The summed E-state index contributed by atoms with van der Waals surface area (Å²) in [5.74, 6) is -1.06. The first-order chi connectivity index (χ1) is 9.16. The molecule has 8 heteroatoms. The van der Waals surface area contributed by atoms with Crippen molar-refractivity contribution in [3.05, 3.63) is 16.1 Å². The first-order valence-corrected chi connectivity index (χ1v) is 6.83. The summed E-state index contributed by atoms with van der Waals surface area (Å²) < 4.78 is 5.27. The van der Waals surface area contributed by atoms with Crippen molar-refractivity contribution in [1.82, 2.24) is 15.2 Å². The van der Waals surface area contributed by atoms with E-state index in [4.69, 9.17) is 9.84 Å². The summed E-state index contributed by atoms with van der Waals surface area (Å²) in [5, 5.41) is 13.5. The van der Waals surface area contributed by atoms with Crippen LogP contribution in [0, 0.1) is 0 Å². The quantitative estimate of drug-likeness (QED) is 0.856. The van der Waals surface area contributed by atoms with Crippen LogP contribution >= 0.6 is 11.3 Å². The van der Waals surface area contributed by atoms with E-state index in [0.29, 0.717) is 31.3 Å². The number of hydrogen-bond donors (Lipinski definition) is 2. The van der Waals surface area contributed by atoms with Gasteiger partial charge in [0.25, 0.3) is 0 Å². The molecule has 0 unspecified atom stereocenters. The van der Waals surface area contributed by atoms with E-state index >= 15 is 0 Å². The van der Waals surface area contributed by atoms with E-state index in [-0.39, 0.29) is 18.3 Å². The average molecular weight is 285 g/mol. The summed E-state index contributed by atoms with van der Waals surface area (Å²) in [6, 6.07) is -0.169. The van der Waals surface area contributed by atoms with Crippen LogP contribution in [0.15, 0.2) is 5.38 Å². The fraction of sp³-hybridized carbons (Fsp3) is 0.545. The Morgan fingerprint density at radius 2 is 2.32 bits per heavy atom. The Hall–Kier alpha value is -1.67. The van der Waals surface area contributed by atoms with Crippen LogP contribution in [0.2, 0.25) is 0 Å². The van der Waals surface area contributed by atoms with Crippen molar-refractivity contribution < 1.29 is 19.4 Å². The maximum Gasteiger partial charge on any atom is 0.355 e. The number of amides is 2. The van der Waals surface area contributed by atoms with Gasteiger partial charge in [-0.1, -0.05) is 0 Å². The topological polar surface area (TPSA) is 91.8 Å². The molecule has 0 bridgehead atoms. The SMILES string of the molecule is O=C(O)c1csc(CNC(=O)N2CCCOCC2)n1. The molecular weight excluding hydrogens is 270 g/mol. The van der Waals surface area contributed by atoms with Crippen molar-refractivity contribution in [3.63, 3.8) is 0 Å². The maximum atomic E-state index is 11.9. The van der Waals surface area contributed by atoms with E-state index in [9.17, 15) is 9.59 Å². The van der Waals surface area contributed by atoms with Crippen molar-refractivity contribution in [2.24, 2.45) is 0 Å². The summed E-state index contributed by atoms with van der Waals surface area (Å²) in [6.45, 7) is 2.72. The van der Waals surface area contributed by atoms with Crippen molar-refractivity contribution in [3.8, 4) is 0 Å². The third-order valence-corrected chi connectivity index (χ3v) is 3.52. The Bertz CT molecular complexity index is 455. The highest BCUT2D eigenvalue weighted by molar-refractivity contribution is 7.09. The summed E-state index contributed by atoms with van der Waals surface area (Å²) in [4.78, 5) is 28.2. The van der Waals surface area contributed by atoms with Gasteiger partial charge in [0.15, 0.2) is 5.69 Å². The first kappa shape index (κ1) is 13.8. The van der Waals surface area contributed by atoms with Gasteiger partial charge in [0.2, 0.25) is 0 Å². The molecule has 0 atom stereocenters. The lowest BCUT2D eigenvalue weighted by Gasteiger charge is -2.19. The number of carboxylic acid groups (broad SMARTS) is 1. The molecule has 7 nitrogen and oxygen atoms in total. The fourth-order valence-corrected chi connectivity index (χ4v) is 2.41. The Labute approximate surface area is 114 Å². The van der Waals surface area contributed by atoms with Gasteiger partial charge >= 0.3 is 12.0 Å². The number of carboxylic acids is 1. The van der Waals surface area contributed by atoms with E-state index in [1.165, 1.54) is 16.7 Å². The summed E-state index contributed by atoms with van der Waals surface area (Å²) in [5.41, 5.74) is 0.0115.